The summed E-state index contributed by atoms with van der Waals surface area (Å²) in [7, 11) is 0. The number of hydrogen-bond acceptors (Lipinski definition) is 3. The van der Waals surface area contributed by atoms with Gasteiger partial charge >= 0.3 is 0 Å². The molecule has 0 saturated heterocycles. The molecule has 1 fully saturated rings. The zero-order valence-corrected chi connectivity index (χ0v) is 15.6. The van der Waals surface area contributed by atoms with Gasteiger partial charge in [0.1, 0.15) is 5.75 Å². The van der Waals surface area contributed by atoms with E-state index in [2.05, 4.69) is 23.1 Å². The van der Waals surface area contributed by atoms with E-state index in [1.807, 2.05) is 6.92 Å². The Morgan fingerprint density at radius 1 is 1.33 bits per heavy atom. The molecule has 0 bridgehead atoms. The van der Waals surface area contributed by atoms with Crippen LogP contribution in [0.3, 0.4) is 0 Å². The maximum absolute atomic E-state index is 11.8. The zero-order valence-electron chi connectivity index (χ0n) is 14.0. The standard InChI is InChI=1S/C17H24ClN3O2S/c1-11-5-3-4-6-15(11)19-17(24)21-20-16(22)10-23-13-7-8-14(18)12(2)9-13/h7-9,11,15H,3-6,10H2,1-2H3,(H,20,22)(H2,19,21,24)/t11-,15+/m0/s1. The molecule has 2 rings (SSSR count). The molecule has 1 aromatic rings. The van der Waals surface area contributed by atoms with Crippen molar-refractivity contribution in [2.45, 2.75) is 45.6 Å². The first-order valence-corrected chi connectivity index (χ1v) is 8.98. The summed E-state index contributed by atoms with van der Waals surface area (Å²) in [6.07, 6.45) is 4.81. The van der Waals surface area contributed by atoms with Gasteiger partial charge in [-0.05, 0) is 61.7 Å². The third kappa shape index (κ3) is 5.83. The van der Waals surface area contributed by atoms with E-state index in [4.69, 9.17) is 28.6 Å². The summed E-state index contributed by atoms with van der Waals surface area (Å²) in [5, 5.41) is 4.36. The Hall–Kier alpha value is -1.53. The Bertz CT molecular complexity index is 597. The van der Waals surface area contributed by atoms with Gasteiger partial charge in [-0.15, -0.1) is 0 Å². The molecule has 7 heteroatoms. The maximum atomic E-state index is 11.8. The van der Waals surface area contributed by atoms with Crippen molar-refractivity contribution in [2.24, 2.45) is 5.92 Å². The van der Waals surface area contributed by atoms with Gasteiger partial charge in [-0.3, -0.25) is 15.6 Å². The molecular weight excluding hydrogens is 346 g/mol. The van der Waals surface area contributed by atoms with Crippen molar-refractivity contribution in [1.29, 1.82) is 0 Å². The average Bonchev–Trinajstić information content (AvgIpc) is 2.56. The minimum atomic E-state index is -0.302. The maximum Gasteiger partial charge on any atom is 0.276 e. The van der Waals surface area contributed by atoms with Crippen LogP contribution >= 0.6 is 23.8 Å². The lowest BCUT2D eigenvalue weighted by atomic mass is 9.86. The molecule has 5 nitrogen and oxygen atoms in total. The van der Waals surface area contributed by atoms with Gasteiger partial charge in [-0.25, -0.2) is 0 Å². The van der Waals surface area contributed by atoms with E-state index in [9.17, 15) is 4.79 Å². The van der Waals surface area contributed by atoms with Gasteiger partial charge in [-0.2, -0.15) is 0 Å². The fourth-order valence-corrected chi connectivity index (χ4v) is 3.07. The number of halogens is 1. The van der Waals surface area contributed by atoms with Crippen LogP contribution in [-0.2, 0) is 4.79 Å². The summed E-state index contributed by atoms with van der Waals surface area (Å²) >= 11 is 11.2. The van der Waals surface area contributed by atoms with E-state index in [1.54, 1.807) is 18.2 Å². The molecule has 1 saturated carbocycles. The lowest BCUT2D eigenvalue weighted by molar-refractivity contribution is -0.123. The quantitative estimate of drug-likeness (QED) is 0.562. The molecule has 0 aromatic heterocycles. The number of hydrazine groups is 1. The van der Waals surface area contributed by atoms with E-state index in [0.717, 1.165) is 12.0 Å². The van der Waals surface area contributed by atoms with Crippen molar-refractivity contribution in [3.05, 3.63) is 28.8 Å². The number of thiocarbonyl (C=S) groups is 1. The number of hydrogen-bond donors (Lipinski definition) is 3. The van der Waals surface area contributed by atoms with Gasteiger partial charge in [0.15, 0.2) is 11.7 Å². The highest BCUT2D eigenvalue weighted by Gasteiger charge is 2.21. The van der Waals surface area contributed by atoms with Gasteiger partial charge in [0.2, 0.25) is 0 Å². The predicted octanol–water partition coefficient (Wildman–Crippen LogP) is 3.10. The van der Waals surface area contributed by atoms with Crippen molar-refractivity contribution in [3.63, 3.8) is 0 Å². The van der Waals surface area contributed by atoms with Crippen LogP contribution in [-0.4, -0.2) is 23.7 Å². The normalized spacial score (nSPS) is 20.1. The minimum Gasteiger partial charge on any atom is -0.484 e. The van der Waals surface area contributed by atoms with E-state index in [1.165, 1.54) is 19.3 Å². The van der Waals surface area contributed by atoms with Crippen LogP contribution in [0.1, 0.15) is 38.2 Å². The number of ether oxygens (including phenoxy) is 1. The van der Waals surface area contributed by atoms with Gasteiger partial charge in [0.25, 0.3) is 5.91 Å². The summed E-state index contributed by atoms with van der Waals surface area (Å²) in [5.74, 6) is 0.887. The number of rotatable bonds is 4. The summed E-state index contributed by atoms with van der Waals surface area (Å²) in [5.41, 5.74) is 6.17. The average molecular weight is 370 g/mol. The highest BCUT2D eigenvalue weighted by Crippen LogP contribution is 2.23. The van der Waals surface area contributed by atoms with E-state index < -0.39 is 0 Å². The van der Waals surface area contributed by atoms with Crippen LogP contribution in [0.2, 0.25) is 5.02 Å². The Labute approximate surface area is 153 Å². The zero-order chi connectivity index (χ0) is 17.5. The molecule has 1 aliphatic carbocycles. The highest BCUT2D eigenvalue weighted by molar-refractivity contribution is 7.80. The first kappa shape index (κ1) is 18.8. The van der Waals surface area contributed by atoms with Crippen LogP contribution < -0.4 is 20.9 Å². The molecule has 2 atom stereocenters. The topological polar surface area (TPSA) is 62.4 Å². The molecule has 1 aliphatic rings. The van der Waals surface area contributed by atoms with Crippen molar-refractivity contribution >= 4 is 34.8 Å². The summed E-state index contributed by atoms with van der Waals surface area (Å²) in [6, 6.07) is 5.63. The van der Waals surface area contributed by atoms with Crippen molar-refractivity contribution in [3.8, 4) is 5.75 Å². The molecule has 24 heavy (non-hydrogen) atoms. The highest BCUT2D eigenvalue weighted by atomic mass is 35.5. The van der Waals surface area contributed by atoms with Gasteiger partial charge < -0.3 is 10.1 Å². The second-order valence-corrected chi connectivity index (χ2v) is 7.03. The third-order valence-electron chi connectivity index (χ3n) is 4.24. The van der Waals surface area contributed by atoms with Crippen molar-refractivity contribution < 1.29 is 9.53 Å². The molecule has 0 radical (unpaired) electrons. The SMILES string of the molecule is Cc1cc(OCC(=O)NNC(=S)N[C@@H]2CCCC[C@@H]2C)ccc1Cl. The number of carbonyl (C=O) groups excluding carboxylic acids is 1. The molecule has 3 N–H and O–H groups in total. The van der Waals surface area contributed by atoms with Crippen molar-refractivity contribution in [1.82, 2.24) is 16.2 Å². The van der Waals surface area contributed by atoms with Crippen LogP contribution in [0, 0.1) is 12.8 Å². The molecule has 132 valence electrons. The molecule has 0 heterocycles. The largest absolute Gasteiger partial charge is 0.484 e. The Kier molecular flexibility index (Phi) is 7.12. The summed E-state index contributed by atoms with van der Waals surface area (Å²) < 4.78 is 5.43. The minimum absolute atomic E-state index is 0.101. The third-order valence-corrected chi connectivity index (χ3v) is 4.89. The van der Waals surface area contributed by atoms with Crippen LogP contribution in [0.15, 0.2) is 18.2 Å². The number of amides is 1. The van der Waals surface area contributed by atoms with E-state index >= 15 is 0 Å². The summed E-state index contributed by atoms with van der Waals surface area (Å²) in [4.78, 5) is 11.8. The fourth-order valence-electron chi connectivity index (χ4n) is 2.75. The molecule has 0 spiro atoms. The second kappa shape index (κ2) is 9.08. The predicted molar refractivity (Wildman–Crippen MR) is 100 cm³/mol. The van der Waals surface area contributed by atoms with Crippen molar-refractivity contribution in [2.75, 3.05) is 6.61 Å². The summed E-state index contributed by atoms with van der Waals surface area (Å²) in [6.45, 7) is 4.00. The van der Waals surface area contributed by atoms with E-state index in [-0.39, 0.29) is 12.5 Å². The Morgan fingerprint density at radius 2 is 2.08 bits per heavy atom. The van der Waals surface area contributed by atoms with Crippen LogP contribution in [0.25, 0.3) is 0 Å². The van der Waals surface area contributed by atoms with Gasteiger partial charge in [0.05, 0.1) is 0 Å². The first-order valence-electron chi connectivity index (χ1n) is 8.20. The molecule has 1 aromatic carbocycles. The number of benzene rings is 1. The Balaban J connectivity index is 1.68. The molecule has 0 unspecified atom stereocenters. The number of carbonyl (C=O) groups is 1. The van der Waals surface area contributed by atoms with Crippen LogP contribution in [0.4, 0.5) is 0 Å². The first-order chi connectivity index (χ1) is 11.5. The Morgan fingerprint density at radius 3 is 2.79 bits per heavy atom. The lowest BCUT2D eigenvalue weighted by Gasteiger charge is -2.30. The molecule has 1 amide bonds. The van der Waals surface area contributed by atoms with Crippen LogP contribution in [0.5, 0.6) is 5.75 Å². The molecular formula is C17H24ClN3O2S. The van der Waals surface area contributed by atoms with Gasteiger partial charge in [0, 0.05) is 11.1 Å². The van der Waals surface area contributed by atoms with Gasteiger partial charge in [-0.1, -0.05) is 31.4 Å². The number of nitrogens with one attached hydrogen (secondary N) is 3. The number of aryl methyl sites for hydroxylation is 1. The monoisotopic (exact) mass is 369 g/mol. The lowest BCUT2D eigenvalue weighted by Crippen LogP contribution is -2.52. The second-order valence-electron chi connectivity index (χ2n) is 6.21. The fraction of sp³-hybridized carbons (Fsp3) is 0.529. The van der Waals surface area contributed by atoms with E-state index in [0.29, 0.717) is 27.8 Å². The smallest absolute Gasteiger partial charge is 0.276 e. The molecule has 0 aliphatic heterocycles.